The number of ether oxygens (including phenoxy) is 1. The van der Waals surface area contributed by atoms with E-state index >= 15 is 0 Å². The van der Waals surface area contributed by atoms with Crippen molar-refractivity contribution in [1.29, 1.82) is 0 Å². The molecule has 0 unspecified atom stereocenters. The molecule has 3 heterocycles. The largest absolute Gasteiger partial charge is 0.450 e. The number of hydrogen-bond acceptors (Lipinski definition) is 5. The minimum Gasteiger partial charge on any atom is -0.450 e. The van der Waals surface area contributed by atoms with Gasteiger partial charge in [-0.2, -0.15) is 5.10 Å². The molecule has 0 radical (unpaired) electrons. The van der Waals surface area contributed by atoms with Crippen molar-refractivity contribution in [1.82, 2.24) is 19.6 Å². The van der Waals surface area contributed by atoms with E-state index in [1.54, 1.807) is 6.20 Å². The first-order valence-corrected chi connectivity index (χ1v) is 11.2. The summed E-state index contributed by atoms with van der Waals surface area (Å²) in [5.41, 5.74) is 0.638. The van der Waals surface area contributed by atoms with E-state index in [0.29, 0.717) is 18.2 Å². The first-order chi connectivity index (χ1) is 15.2. The molecule has 0 saturated carbocycles. The molecule has 1 aromatic heterocycles. The van der Waals surface area contributed by atoms with Crippen LogP contribution in [0.3, 0.4) is 0 Å². The number of anilines is 1. The van der Waals surface area contributed by atoms with E-state index < -0.39 is 0 Å². The summed E-state index contributed by atoms with van der Waals surface area (Å²) in [5.74, 6) is 0.628. The van der Waals surface area contributed by atoms with Crippen molar-refractivity contribution in [2.24, 2.45) is 0 Å². The zero-order valence-electron chi connectivity index (χ0n) is 18.1. The number of piperidine rings is 2. The third kappa shape index (κ3) is 5.07. The summed E-state index contributed by atoms with van der Waals surface area (Å²) >= 11 is 0. The molecule has 8 heteroatoms. The molecule has 2 fully saturated rings. The van der Waals surface area contributed by atoms with Crippen molar-refractivity contribution in [3.05, 3.63) is 48.2 Å². The van der Waals surface area contributed by atoms with E-state index in [1.165, 1.54) is 0 Å². The van der Waals surface area contributed by atoms with Crippen LogP contribution in [-0.4, -0.2) is 70.4 Å². The van der Waals surface area contributed by atoms with Gasteiger partial charge in [0.25, 0.3) is 5.91 Å². The van der Waals surface area contributed by atoms with Gasteiger partial charge in [-0.3, -0.25) is 4.79 Å². The first-order valence-electron chi connectivity index (χ1n) is 11.2. The molecule has 2 aliphatic heterocycles. The fraction of sp³-hybridized carbons (Fsp3) is 0.522. The van der Waals surface area contributed by atoms with E-state index in [0.717, 1.165) is 57.7 Å². The van der Waals surface area contributed by atoms with Crippen molar-refractivity contribution < 1.29 is 14.3 Å². The van der Waals surface area contributed by atoms with Crippen LogP contribution in [0.25, 0.3) is 0 Å². The first kappa shape index (κ1) is 21.4. The number of carbonyl (C=O) groups is 2. The van der Waals surface area contributed by atoms with E-state index in [2.05, 4.69) is 15.3 Å². The molecule has 1 aromatic carbocycles. The number of nitrogens with zero attached hydrogens (tertiary/aromatic N) is 4. The zero-order valence-corrected chi connectivity index (χ0v) is 18.1. The van der Waals surface area contributed by atoms with E-state index in [-0.39, 0.29) is 18.0 Å². The summed E-state index contributed by atoms with van der Waals surface area (Å²) in [6.07, 6.45) is 5.52. The molecular weight excluding hydrogens is 394 g/mol. The Hall–Kier alpha value is -2.87. The van der Waals surface area contributed by atoms with Gasteiger partial charge in [0.15, 0.2) is 0 Å². The fourth-order valence-corrected chi connectivity index (χ4v) is 4.61. The predicted molar refractivity (Wildman–Crippen MR) is 118 cm³/mol. The highest BCUT2D eigenvalue weighted by molar-refractivity contribution is 6.03. The number of carbonyl (C=O) groups excluding carboxylic acids is 2. The normalized spacial score (nSPS) is 18.7. The number of nitrogens with one attached hydrogen (secondary N) is 1. The summed E-state index contributed by atoms with van der Waals surface area (Å²) in [5, 5.41) is 7.50. The van der Waals surface area contributed by atoms with Crippen molar-refractivity contribution in [3.63, 3.8) is 0 Å². The molecular formula is C23H31N5O3. The Morgan fingerprint density at radius 3 is 2.35 bits per heavy atom. The molecule has 1 N–H and O–H groups in total. The monoisotopic (exact) mass is 425 g/mol. The maximum absolute atomic E-state index is 12.5. The van der Waals surface area contributed by atoms with Crippen LogP contribution in [0.4, 0.5) is 10.6 Å². The minimum atomic E-state index is -0.191. The molecule has 2 aliphatic rings. The summed E-state index contributed by atoms with van der Waals surface area (Å²) in [6, 6.07) is 11.9. The topological polar surface area (TPSA) is 79.7 Å². The predicted octanol–water partition coefficient (Wildman–Crippen LogP) is 3.39. The van der Waals surface area contributed by atoms with Gasteiger partial charge < -0.3 is 19.9 Å². The average molecular weight is 426 g/mol. The molecule has 8 nitrogen and oxygen atoms in total. The smallest absolute Gasteiger partial charge is 0.409 e. The fourth-order valence-electron chi connectivity index (χ4n) is 4.61. The van der Waals surface area contributed by atoms with Crippen molar-refractivity contribution in [2.45, 2.75) is 44.7 Å². The molecule has 4 rings (SSSR count). The van der Waals surface area contributed by atoms with Gasteiger partial charge in [-0.25, -0.2) is 9.48 Å². The lowest BCUT2D eigenvalue weighted by molar-refractivity contribution is 0.0616. The van der Waals surface area contributed by atoms with E-state index in [9.17, 15) is 9.59 Å². The van der Waals surface area contributed by atoms with Crippen LogP contribution in [0.15, 0.2) is 42.6 Å². The van der Waals surface area contributed by atoms with Crippen LogP contribution in [0.5, 0.6) is 0 Å². The minimum absolute atomic E-state index is 0.117. The van der Waals surface area contributed by atoms with Crippen LogP contribution in [0, 0.1) is 0 Å². The van der Waals surface area contributed by atoms with Gasteiger partial charge in [0, 0.05) is 43.9 Å². The Morgan fingerprint density at radius 1 is 1.00 bits per heavy atom. The van der Waals surface area contributed by atoms with E-state index in [1.807, 2.05) is 52.9 Å². The summed E-state index contributed by atoms with van der Waals surface area (Å²) in [4.78, 5) is 28.8. The van der Waals surface area contributed by atoms with Gasteiger partial charge in [-0.1, -0.05) is 18.2 Å². The number of benzene rings is 1. The third-order valence-electron chi connectivity index (χ3n) is 6.30. The molecule has 2 amide bonds. The van der Waals surface area contributed by atoms with Gasteiger partial charge >= 0.3 is 6.09 Å². The van der Waals surface area contributed by atoms with Gasteiger partial charge in [0.05, 0.1) is 18.8 Å². The molecule has 0 spiro atoms. The lowest BCUT2D eigenvalue weighted by atomic mass is 9.98. The molecule has 2 saturated heterocycles. The molecule has 0 aliphatic carbocycles. The van der Waals surface area contributed by atoms with E-state index in [4.69, 9.17) is 4.74 Å². The number of rotatable bonds is 5. The Kier molecular flexibility index (Phi) is 6.86. The van der Waals surface area contributed by atoms with Gasteiger partial charge in [-0.05, 0) is 44.7 Å². The SMILES string of the molecule is CCOC(=O)N1CCC(N2CCC(n3nccc3NC(=O)c3ccccc3)CC2)CC1. The standard InChI is InChI=1S/C23H31N5O3/c1-2-31-23(30)27-16-9-19(10-17-27)26-14-11-20(12-15-26)28-21(8-13-24-28)25-22(29)18-6-4-3-5-7-18/h3-8,13,19-20H,2,9-12,14-17H2,1H3,(H,25,29). The molecule has 0 atom stereocenters. The molecule has 31 heavy (non-hydrogen) atoms. The second-order valence-corrected chi connectivity index (χ2v) is 8.17. The maximum atomic E-state index is 12.5. The van der Waals surface area contributed by atoms with Crippen LogP contribution in [0.1, 0.15) is 49.0 Å². The Bertz CT molecular complexity index is 868. The highest BCUT2D eigenvalue weighted by atomic mass is 16.6. The Labute approximate surface area is 183 Å². The number of aromatic nitrogens is 2. The average Bonchev–Trinajstić information content (AvgIpc) is 3.28. The highest BCUT2D eigenvalue weighted by Crippen LogP contribution is 2.29. The second kappa shape index (κ2) is 9.96. The quantitative estimate of drug-likeness (QED) is 0.794. The Morgan fingerprint density at radius 2 is 1.68 bits per heavy atom. The third-order valence-corrected chi connectivity index (χ3v) is 6.30. The zero-order chi connectivity index (χ0) is 21.6. The van der Waals surface area contributed by atoms with Crippen LogP contribution >= 0.6 is 0 Å². The van der Waals surface area contributed by atoms with Crippen LogP contribution in [0.2, 0.25) is 0 Å². The summed E-state index contributed by atoms with van der Waals surface area (Å²) in [6.45, 7) is 5.79. The summed E-state index contributed by atoms with van der Waals surface area (Å²) in [7, 11) is 0. The Balaban J connectivity index is 1.29. The van der Waals surface area contributed by atoms with Gasteiger partial charge in [0.1, 0.15) is 5.82 Å². The van der Waals surface area contributed by atoms with Gasteiger partial charge in [-0.15, -0.1) is 0 Å². The van der Waals surface area contributed by atoms with Crippen LogP contribution < -0.4 is 5.32 Å². The number of amides is 2. The van der Waals surface area contributed by atoms with Crippen molar-refractivity contribution in [3.8, 4) is 0 Å². The maximum Gasteiger partial charge on any atom is 0.409 e. The van der Waals surface area contributed by atoms with Crippen molar-refractivity contribution >= 4 is 17.8 Å². The molecule has 166 valence electrons. The highest BCUT2D eigenvalue weighted by Gasteiger charge is 2.31. The lowest BCUT2D eigenvalue weighted by Crippen LogP contribution is -2.49. The number of hydrogen-bond donors (Lipinski definition) is 1. The lowest BCUT2D eigenvalue weighted by Gasteiger charge is -2.41. The van der Waals surface area contributed by atoms with Crippen molar-refractivity contribution in [2.75, 3.05) is 38.1 Å². The van der Waals surface area contributed by atoms with Gasteiger partial charge in [0.2, 0.25) is 0 Å². The number of likely N-dealkylation sites (tertiary alicyclic amines) is 2. The molecule has 0 bridgehead atoms. The van der Waals surface area contributed by atoms with Crippen LogP contribution in [-0.2, 0) is 4.74 Å². The molecule has 2 aromatic rings. The second-order valence-electron chi connectivity index (χ2n) is 8.17. The summed E-state index contributed by atoms with van der Waals surface area (Å²) < 4.78 is 7.08.